The highest BCUT2D eigenvalue weighted by molar-refractivity contribution is 14.1. The van der Waals surface area contributed by atoms with Gasteiger partial charge in [0.25, 0.3) is 5.91 Å². The summed E-state index contributed by atoms with van der Waals surface area (Å²) >= 11 is 2.11. The lowest BCUT2D eigenvalue weighted by molar-refractivity contribution is 0.102. The number of carbonyl (C=O) groups is 1. The van der Waals surface area contributed by atoms with Gasteiger partial charge in [-0.2, -0.15) is 4.31 Å². The van der Waals surface area contributed by atoms with Crippen molar-refractivity contribution in [2.45, 2.75) is 11.8 Å². The SMILES string of the molecule is CCN1CCN(S(=O)(=O)c2ccc(NC(=O)c3ccccc3I)cc2)CC1. The van der Waals surface area contributed by atoms with Crippen LogP contribution in [0.25, 0.3) is 0 Å². The van der Waals surface area contributed by atoms with Gasteiger partial charge in [0.15, 0.2) is 0 Å². The molecule has 0 unspecified atom stereocenters. The van der Waals surface area contributed by atoms with Crippen molar-refractivity contribution in [3.05, 3.63) is 57.7 Å². The molecule has 0 aliphatic carbocycles. The number of likely N-dealkylation sites (N-methyl/N-ethyl adjacent to an activating group) is 1. The number of sulfonamides is 1. The summed E-state index contributed by atoms with van der Waals surface area (Å²) < 4.78 is 28.0. The van der Waals surface area contributed by atoms with Crippen LogP contribution in [-0.4, -0.2) is 56.3 Å². The smallest absolute Gasteiger partial charge is 0.256 e. The summed E-state index contributed by atoms with van der Waals surface area (Å²) in [7, 11) is -3.51. The van der Waals surface area contributed by atoms with Crippen LogP contribution in [0.4, 0.5) is 5.69 Å². The molecule has 0 radical (unpaired) electrons. The second-order valence-electron chi connectivity index (χ2n) is 6.30. The molecule has 3 rings (SSSR count). The summed E-state index contributed by atoms with van der Waals surface area (Å²) in [5.41, 5.74) is 1.15. The lowest BCUT2D eigenvalue weighted by Crippen LogP contribution is -2.48. The maximum absolute atomic E-state index is 12.8. The number of halogens is 1. The zero-order chi connectivity index (χ0) is 19.4. The van der Waals surface area contributed by atoms with Gasteiger partial charge >= 0.3 is 0 Å². The van der Waals surface area contributed by atoms with Crippen molar-refractivity contribution in [1.82, 2.24) is 9.21 Å². The van der Waals surface area contributed by atoms with Gasteiger partial charge in [0.2, 0.25) is 10.0 Å². The summed E-state index contributed by atoms with van der Waals surface area (Å²) in [6.45, 7) is 5.51. The number of nitrogens with zero attached hydrogens (tertiary/aromatic N) is 2. The van der Waals surface area contributed by atoms with Gasteiger partial charge in [-0.25, -0.2) is 8.42 Å². The highest BCUT2D eigenvalue weighted by atomic mass is 127. The Kier molecular flexibility index (Phi) is 6.51. The van der Waals surface area contributed by atoms with E-state index in [2.05, 4.69) is 39.7 Å². The van der Waals surface area contributed by atoms with Crippen molar-refractivity contribution in [2.75, 3.05) is 38.0 Å². The molecule has 1 N–H and O–H groups in total. The van der Waals surface area contributed by atoms with Gasteiger partial charge in [-0.3, -0.25) is 4.79 Å². The van der Waals surface area contributed by atoms with Crippen molar-refractivity contribution >= 4 is 44.2 Å². The van der Waals surface area contributed by atoms with Crippen LogP contribution in [0.3, 0.4) is 0 Å². The minimum Gasteiger partial charge on any atom is -0.322 e. The van der Waals surface area contributed by atoms with E-state index in [4.69, 9.17) is 0 Å². The molecule has 1 fully saturated rings. The number of amides is 1. The highest BCUT2D eigenvalue weighted by Gasteiger charge is 2.27. The van der Waals surface area contributed by atoms with Crippen LogP contribution in [0.5, 0.6) is 0 Å². The quantitative estimate of drug-likeness (QED) is 0.643. The van der Waals surface area contributed by atoms with Crippen LogP contribution in [0.15, 0.2) is 53.4 Å². The Morgan fingerprint density at radius 1 is 1.04 bits per heavy atom. The summed E-state index contributed by atoms with van der Waals surface area (Å²) in [6.07, 6.45) is 0. The second kappa shape index (κ2) is 8.68. The minimum absolute atomic E-state index is 0.216. The molecule has 27 heavy (non-hydrogen) atoms. The van der Waals surface area contributed by atoms with Crippen LogP contribution >= 0.6 is 22.6 Å². The lowest BCUT2D eigenvalue weighted by atomic mass is 10.2. The van der Waals surface area contributed by atoms with Crippen LogP contribution in [0.2, 0.25) is 0 Å². The molecule has 144 valence electrons. The Labute approximate surface area is 173 Å². The van der Waals surface area contributed by atoms with Crippen molar-refractivity contribution in [3.8, 4) is 0 Å². The maximum atomic E-state index is 12.8. The van der Waals surface area contributed by atoms with Gasteiger partial charge in [0, 0.05) is 35.4 Å². The van der Waals surface area contributed by atoms with Gasteiger partial charge in [0.05, 0.1) is 10.5 Å². The normalized spacial score (nSPS) is 16.2. The largest absolute Gasteiger partial charge is 0.322 e. The molecule has 0 atom stereocenters. The number of carbonyl (C=O) groups excluding carboxylic acids is 1. The Bertz CT molecular complexity index is 908. The van der Waals surface area contributed by atoms with Crippen LogP contribution in [0, 0.1) is 3.57 Å². The summed E-state index contributed by atoms with van der Waals surface area (Å²) in [4.78, 5) is 14.9. The molecule has 2 aromatic rings. The first kappa shape index (κ1) is 20.2. The standard InChI is InChI=1S/C19H22IN3O3S/c1-2-22-11-13-23(14-12-22)27(25,26)16-9-7-15(8-10-16)21-19(24)17-5-3-4-6-18(17)20/h3-10H,2,11-14H2,1H3,(H,21,24). The molecule has 1 heterocycles. The van der Waals surface area contributed by atoms with E-state index >= 15 is 0 Å². The van der Waals surface area contributed by atoms with Gasteiger partial charge < -0.3 is 10.2 Å². The van der Waals surface area contributed by atoms with E-state index in [0.29, 0.717) is 24.3 Å². The molecule has 8 heteroatoms. The Morgan fingerprint density at radius 3 is 2.26 bits per heavy atom. The fourth-order valence-electron chi connectivity index (χ4n) is 2.99. The summed E-state index contributed by atoms with van der Waals surface area (Å²) in [6, 6.07) is 13.7. The monoisotopic (exact) mass is 499 g/mol. The van der Waals surface area contributed by atoms with Gasteiger partial charge in [-0.05, 0) is 65.5 Å². The molecule has 0 aromatic heterocycles. The Hall–Kier alpha value is -1.49. The zero-order valence-electron chi connectivity index (χ0n) is 15.1. The topological polar surface area (TPSA) is 69.7 Å². The second-order valence-corrected chi connectivity index (χ2v) is 9.40. The molecule has 0 saturated carbocycles. The number of benzene rings is 2. The lowest BCUT2D eigenvalue weighted by Gasteiger charge is -2.33. The van der Waals surface area contributed by atoms with Gasteiger partial charge in [-0.1, -0.05) is 19.1 Å². The van der Waals surface area contributed by atoms with E-state index in [1.54, 1.807) is 30.3 Å². The van der Waals surface area contributed by atoms with Crippen molar-refractivity contribution in [1.29, 1.82) is 0 Å². The van der Waals surface area contributed by atoms with Crippen molar-refractivity contribution in [2.24, 2.45) is 0 Å². The van der Waals surface area contributed by atoms with Crippen LogP contribution in [-0.2, 0) is 10.0 Å². The number of hydrogen-bond acceptors (Lipinski definition) is 4. The molecule has 1 amide bonds. The first-order valence-corrected chi connectivity index (χ1v) is 11.3. The predicted molar refractivity (Wildman–Crippen MR) is 114 cm³/mol. The molecule has 1 aliphatic heterocycles. The number of rotatable bonds is 5. The fourth-order valence-corrected chi connectivity index (χ4v) is 5.04. The summed E-state index contributed by atoms with van der Waals surface area (Å²) in [5.74, 6) is -0.216. The average Bonchev–Trinajstić information content (AvgIpc) is 2.68. The molecule has 2 aromatic carbocycles. The molecular weight excluding hydrogens is 477 g/mol. The maximum Gasteiger partial charge on any atom is 0.256 e. The van der Waals surface area contributed by atoms with Crippen molar-refractivity contribution in [3.63, 3.8) is 0 Å². The van der Waals surface area contributed by atoms with E-state index in [-0.39, 0.29) is 10.8 Å². The molecule has 1 aliphatic rings. The third kappa shape index (κ3) is 4.68. The molecule has 0 spiro atoms. The van der Waals surface area contributed by atoms with Gasteiger partial charge in [0.1, 0.15) is 0 Å². The third-order valence-corrected chi connectivity index (χ3v) is 7.50. The molecule has 1 saturated heterocycles. The zero-order valence-corrected chi connectivity index (χ0v) is 18.0. The van der Waals surface area contributed by atoms with E-state index < -0.39 is 10.0 Å². The predicted octanol–water partition coefficient (Wildman–Crippen LogP) is 2.87. The first-order chi connectivity index (χ1) is 12.9. The average molecular weight is 499 g/mol. The molecule has 6 nitrogen and oxygen atoms in total. The minimum atomic E-state index is -3.51. The van der Waals surface area contributed by atoms with E-state index in [1.807, 2.05) is 18.2 Å². The third-order valence-electron chi connectivity index (χ3n) is 4.65. The number of anilines is 1. The molecular formula is C19H22IN3O3S. The van der Waals surface area contributed by atoms with E-state index in [9.17, 15) is 13.2 Å². The first-order valence-electron chi connectivity index (χ1n) is 8.80. The number of nitrogens with one attached hydrogen (secondary N) is 1. The Balaban J connectivity index is 1.70. The fraction of sp³-hybridized carbons (Fsp3) is 0.316. The number of hydrogen-bond donors (Lipinski definition) is 1. The van der Waals surface area contributed by atoms with Crippen LogP contribution in [0.1, 0.15) is 17.3 Å². The van der Waals surface area contributed by atoms with Gasteiger partial charge in [-0.15, -0.1) is 0 Å². The Morgan fingerprint density at radius 2 is 1.67 bits per heavy atom. The highest BCUT2D eigenvalue weighted by Crippen LogP contribution is 2.21. The molecule has 0 bridgehead atoms. The van der Waals surface area contributed by atoms with E-state index in [1.165, 1.54) is 4.31 Å². The van der Waals surface area contributed by atoms with E-state index in [0.717, 1.165) is 23.2 Å². The van der Waals surface area contributed by atoms with Crippen LogP contribution < -0.4 is 5.32 Å². The number of piperazine rings is 1. The summed E-state index contributed by atoms with van der Waals surface area (Å²) in [5, 5.41) is 2.81. The van der Waals surface area contributed by atoms with Crippen molar-refractivity contribution < 1.29 is 13.2 Å².